The van der Waals surface area contributed by atoms with E-state index in [1.54, 1.807) is 6.92 Å². The summed E-state index contributed by atoms with van der Waals surface area (Å²) in [7, 11) is 0. The van der Waals surface area contributed by atoms with E-state index in [9.17, 15) is 0 Å². The normalized spacial score (nSPS) is 17.2. The van der Waals surface area contributed by atoms with Crippen LogP contribution in [0, 0.1) is 6.92 Å². The van der Waals surface area contributed by atoms with Gasteiger partial charge in [-0.3, -0.25) is 4.98 Å². The molecule has 3 heterocycles. The second-order valence-corrected chi connectivity index (χ2v) is 5.95. The third-order valence-corrected chi connectivity index (χ3v) is 3.96. The molecule has 1 saturated heterocycles. The number of halogens is 1. The Kier molecular flexibility index (Phi) is 5.44. The molecule has 24 heavy (non-hydrogen) atoms. The zero-order valence-electron chi connectivity index (χ0n) is 13.5. The van der Waals surface area contributed by atoms with Crippen molar-refractivity contribution < 1.29 is 9.47 Å². The SMILES string of the molecule is Cc1nc(Cl)c(N)c(NCc2cccc(CO[C@H]3CCOC3)n2)n1. The van der Waals surface area contributed by atoms with E-state index >= 15 is 0 Å². The van der Waals surface area contributed by atoms with Crippen molar-refractivity contribution in [2.45, 2.75) is 32.6 Å². The predicted molar refractivity (Wildman–Crippen MR) is 91.8 cm³/mol. The zero-order valence-corrected chi connectivity index (χ0v) is 14.2. The van der Waals surface area contributed by atoms with Crippen LogP contribution < -0.4 is 11.1 Å². The molecular formula is C16H20ClN5O2. The van der Waals surface area contributed by atoms with Gasteiger partial charge in [-0.05, 0) is 25.5 Å². The number of nitrogens with two attached hydrogens (primary N) is 1. The fourth-order valence-electron chi connectivity index (χ4n) is 2.41. The van der Waals surface area contributed by atoms with Crippen LogP contribution in [0.3, 0.4) is 0 Å². The number of aryl methyl sites for hydroxylation is 1. The van der Waals surface area contributed by atoms with E-state index < -0.39 is 0 Å². The summed E-state index contributed by atoms with van der Waals surface area (Å²) in [6, 6.07) is 5.83. The molecule has 0 saturated carbocycles. The van der Waals surface area contributed by atoms with Gasteiger partial charge in [0.05, 0.1) is 37.3 Å². The number of hydrogen-bond acceptors (Lipinski definition) is 7. The van der Waals surface area contributed by atoms with E-state index in [-0.39, 0.29) is 11.3 Å². The van der Waals surface area contributed by atoms with Crippen molar-refractivity contribution in [1.29, 1.82) is 0 Å². The fourth-order valence-corrected chi connectivity index (χ4v) is 2.62. The smallest absolute Gasteiger partial charge is 0.157 e. The summed E-state index contributed by atoms with van der Waals surface area (Å²) in [6.07, 6.45) is 1.11. The highest BCUT2D eigenvalue weighted by molar-refractivity contribution is 6.32. The number of nitrogen functional groups attached to an aromatic ring is 1. The maximum Gasteiger partial charge on any atom is 0.157 e. The highest BCUT2D eigenvalue weighted by Gasteiger charge is 2.16. The first-order valence-corrected chi connectivity index (χ1v) is 8.17. The number of aromatic nitrogens is 3. The van der Waals surface area contributed by atoms with Crippen molar-refractivity contribution in [3.05, 3.63) is 40.6 Å². The second-order valence-electron chi connectivity index (χ2n) is 5.59. The molecule has 0 spiro atoms. The van der Waals surface area contributed by atoms with Gasteiger partial charge in [-0.25, -0.2) is 9.97 Å². The van der Waals surface area contributed by atoms with E-state index in [4.69, 9.17) is 26.8 Å². The van der Waals surface area contributed by atoms with Crippen LogP contribution in [0.4, 0.5) is 11.5 Å². The minimum Gasteiger partial charge on any atom is -0.393 e. The van der Waals surface area contributed by atoms with Crippen LogP contribution in [0.2, 0.25) is 5.15 Å². The van der Waals surface area contributed by atoms with E-state index in [1.165, 1.54) is 0 Å². The van der Waals surface area contributed by atoms with Crippen molar-refractivity contribution in [2.75, 3.05) is 24.3 Å². The Morgan fingerprint density at radius 3 is 2.96 bits per heavy atom. The van der Waals surface area contributed by atoms with Gasteiger partial charge in [0.25, 0.3) is 0 Å². The minimum atomic E-state index is 0.166. The topological polar surface area (TPSA) is 95.2 Å². The standard InChI is InChI=1S/C16H20ClN5O2/c1-10-20-15(17)14(18)16(21-10)19-7-11-3-2-4-12(22-11)8-24-13-5-6-23-9-13/h2-4,13H,5-9,18H2,1H3,(H,19,20,21)/t13-/m0/s1. The Balaban J connectivity index is 1.60. The monoisotopic (exact) mass is 349 g/mol. The summed E-state index contributed by atoms with van der Waals surface area (Å²) < 4.78 is 11.1. The first kappa shape index (κ1) is 16.9. The maximum atomic E-state index is 5.97. The van der Waals surface area contributed by atoms with Crippen molar-refractivity contribution in [3.8, 4) is 0 Å². The third-order valence-electron chi connectivity index (χ3n) is 3.67. The first-order valence-electron chi connectivity index (χ1n) is 7.79. The number of anilines is 2. The zero-order chi connectivity index (χ0) is 16.9. The summed E-state index contributed by atoms with van der Waals surface area (Å²) in [4.78, 5) is 12.9. The predicted octanol–water partition coefficient (Wildman–Crippen LogP) is 2.33. The van der Waals surface area contributed by atoms with Gasteiger partial charge in [0.1, 0.15) is 11.5 Å². The van der Waals surface area contributed by atoms with Gasteiger partial charge in [0, 0.05) is 6.61 Å². The van der Waals surface area contributed by atoms with Crippen LogP contribution in [0.15, 0.2) is 18.2 Å². The Morgan fingerprint density at radius 2 is 2.17 bits per heavy atom. The lowest BCUT2D eigenvalue weighted by Crippen LogP contribution is -2.13. The quantitative estimate of drug-likeness (QED) is 0.773. The molecular weight excluding hydrogens is 330 g/mol. The maximum absolute atomic E-state index is 5.97. The van der Waals surface area contributed by atoms with Crippen molar-refractivity contribution >= 4 is 23.1 Å². The van der Waals surface area contributed by atoms with Crippen LogP contribution in [0.1, 0.15) is 23.6 Å². The van der Waals surface area contributed by atoms with Gasteiger partial charge in [-0.2, -0.15) is 0 Å². The Bertz CT molecular complexity index is 707. The molecule has 1 aliphatic rings. The largest absolute Gasteiger partial charge is 0.393 e. The van der Waals surface area contributed by atoms with Gasteiger partial charge in [-0.15, -0.1) is 0 Å². The molecule has 3 rings (SSSR count). The van der Waals surface area contributed by atoms with Crippen LogP contribution in [0.5, 0.6) is 0 Å². The van der Waals surface area contributed by atoms with Crippen molar-refractivity contribution in [1.82, 2.24) is 15.0 Å². The molecule has 0 unspecified atom stereocenters. The fraction of sp³-hybridized carbons (Fsp3) is 0.438. The van der Waals surface area contributed by atoms with E-state index in [1.807, 2.05) is 18.2 Å². The van der Waals surface area contributed by atoms with Crippen molar-refractivity contribution in [2.24, 2.45) is 0 Å². The first-order chi connectivity index (χ1) is 11.6. The molecule has 0 aliphatic carbocycles. The van der Waals surface area contributed by atoms with E-state index in [0.29, 0.717) is 37.1 Å². The molecule has 8 heteroatoms. The molecule has 0 amide bonds. The van der Waals surface area contributed by atoms with Gasteiger partial charge < -0.3 is 20.5 Å². The molecule has 2 aromatic heterocycles. The molecule has 0 radical (unpaired) electrons. The lowest BCUT2D eigenvalue weighted by atomic mass is 10.3. The Hall–Kier alpha value is -1.96. The second kappa shape index (κ2) is 7.74. The van der Waals surface area contributed by atoms with Gasteiger partial charge >= 0.3 is 0 Å². The molecule has 0 aromatic carbocycles. The molecule has 128 valence electrons. The molecule has 0 bridgehead atoms. The average Bonchev–Trinajstić information content (AvgIpc) is 3.09. The molecule has 1 fully saturated rings. The summed E-state index contributed by atoms with van der Waals surface area (Å²) in [5, 5.41) is 3.40. The van der Waals surface area contributed by atoms with Crippen LogP contribution in [-0.2, 0) is 22.6 Å². The number of nitrogens with one attached hydrogen (secondary N) is 1. The Labute approximate surface area is 145 Å². The molecule has 1 atom stereocenters. The number of ether oxygens (including phenoxy) is 2. The highest BCUT2D eigenvalue weighted by atomic mass is 35.5. The number of pyridine rings is 1. The summed E-state index contributed by atoms with van der Waals surface area (Å²) in [6.45, 7) is 4.15. The number of hydrogen-bond donors (Lipinski definition) is 2. The van der Waals surface area contributed by atoms with Crippen LogP contribution in [-0.4, -0.2) is 34.3 Å². The van der Waals surface area contributed by atoms with Crippen molar-refractivity contribution in [3.63, 3.8) is 0 Å². The van der Waals surface area contributed by atoms with Gasteiger partial charge in [0.15, 0.2) is 11.0 Å². The van der Waals surface area contributed by atoms with Crippen LogP contribution in [0.25, 0.3) is 0 Å². The lowest BCUT2D eigenvalue weighted by molar-refractivity contribution is 0.0301. The summed E-state index contributed by atoms with van der Waals surface area (Å²) in [5.74, 6) is 1.07. The van der Waals surface area contributed by atoms with Crippen LogP contribution >= 0.6 is 11.6 Å². The number of nitrogens with zero attached hydrogens (tertiary/aromatic N) is 3. The average molecular weight is 350 g/mol. The number of rotatable bonds is 6. The minimum absolute atomic E-state index is 0.166. The van der Waals surface area contributed by atoms with E-state index in [2.05, 4.69) is 20.3 Å². The van der Waals surface area contributed by atoms with Gasteiger partial charge in [0.2, 0.25) is 0 Å². The molecule has 7 nitrogen and oxygen atoms in total. The molecule has 1 aliphatic heterocycles. The third kappa shape index (κ3) is 4.31. The van der Waals surface area contributed by atoms with Gasteiger partial charge in [-0.1, -0.05) is 17.7 Å². The van der Waals surface area contributed by atoms with E-state index in [0.717, 1.165) is 24.4 Å². The summed E-state index contributed by atoms with van der Waals surface area (Å²) in [5.41, 5.74) is 7.97. The highest BCUT2D eigenvalue weighted by Crippen LogP contribution is 2.23. The summed E-state index contributed by atoms with van der Waals surface area (Å²) >= 11 is 5.97. The molecule has 3 N–H and O–H groups in total. The lowest BCUT2D eigenvalue weighted by Gasteiger charge is -2.12. The Morgan fingerprint density at radius 1 is 1.33 bits per heavy atom. The molecule has 2 aromatic rings.